The molecule has 170 valence electrons. The smallest absolute Gasteiger partial charge is 0.271 e. The predicted molar refractivity (Wildman–Crippen MR) is 145 cm³/mol. The van der Waals surface area contributed by atoms with Crippen LogP contribution in [0.15, 0.2) is 76.8 Å². The number of amides is 1. The van der Waals surface area contributed by atoms with Gasteiger partial charge in [-0.3, -0.25) is 9.69 Å². The first-order valence-corrected chi connectivity index (χ1v) is 12.1. The quantitative estimate of drug-likeness (QED) is 0.300. The minimum absolute atomic E-state index is 0.0521. The number of thioether (sulfide) groups is 1. The number of hydrogen-bond acceptors (Lipinski definition) is 3. The summed E-state index contributed by atoms with van der Waals surface area (Å²) in [4.78, 5) is 21.0. The van der Waals surface area contributed by atoms with Crippen molar-refractivity contribution >= 4 is 51.2 Å². The molecular formula is C29H27N3OS. The number of hydrogen-bond donors (Lipinski definition) is 0. The lowest BCUT2D eigenvalue weighted by atomic mass is 10.1. The fourth-order valence-corrected chi connectivity index (χ4v) is 5.17. The van der Waals surface area contributed by atoms with Crippen molar-refractivity contribution in [2.75, 3.05) is 4.90 Å². The van der Waals surface area contributed by atoms with Gasteiger partial charge in [-0.25, -0.2) is 4.99 Å². The van der Waals surface area contributed by atoms with E-state index in [9.17, 15) is 4.79 Å². The van der Waals surface area contributed by atoms with Crippen LogP contribution in [0.2, 0.25) is 0 Å². The van der Waals surface area contributed by atoms with E-state index in [0.717, 1.165) is 33.4 Å². The Hall–Kier alpha value is -3.57. The highest BCUT2D eigenvalue weighted by Crippen LogP contribution is 2.39. The molecule has 0 spiro atoms. The van der Waals surface area contributed by atoms with E-state index in [1.807, 2.05) is 37.4 Å². The van der Waals surface area contributed by atoms with Crippen LogP contribution in [0.3, 0.4) is 0 Å². The first-order chi connectivity index (χ1) is 16.3. The minimum atomic E-state index is -0.0521. The maximum absolute atomic E-state index is 13.7. The Bertz CT molecular complexity index is 1510. The number of amidine groups is 1. The zero-order valence-corrected chi connectivity index (χ0v) is 20.9. The number of nitrogens with zero attached hydrogens (tertiary/aromatic N) is 3. The maximum Gasteiger partial charge on any atom is 0.271 e. The van der Waals surface area contributed by atoms with E-state index in [1.54, 1.807) is 4.90 Å². The molecule has 0 radical (unpaired) electrons. The van der Waals surface area contributed by atoms with Crippen molar-refractivity contribution in [3.8, 4) is 0 Å². The van der Waals surface area contributed by atoms with E-state index in [-0.39, 0.29) is 5.91 Å². The molecule has 1 saturated heterocycles. The number of fused-ring (bicyclic) bond motifs is 1. The molecule has 0 bridgehead atoms. The number of aromatic nitrogens is 1. The monoisotopic (exact) mass is 465 g/mol. The number of carbonyl (C=O) groups excluding carboxylic acids is 1. The standard InChI is InChI=1S/C29H27N3OS/c1-18-10-12-23(14-20(18)3)30-29-32(24-13-11-19(2)21(4)15-24)28(33)27(34-29)16-22-17-31(5)26-9-7-6-8-25(22)26/h6-17H,1-5H3/b27-16-,30-29?. The van der Waals surface area contributed by atoms with Gasteiger partial charge in [-0.05, 0) is 98.1 Å². The van der Waals surface area contributed by atoms with Gasteiger partial charge in [0, 0.05) is 29.7 Å². The Labute approximate surface area is 204 Å². The fraction of sp³-hybridized carbons (Fsp3) is 0.172. The van der Waals surface area contributed by atoms with Crippen molar-refractivity contribution in [1.82, 2.24) is 4.57 Å². The molecule has 0 aliphatic carbocycles. The molecule has 1 aliphatic rings. The van der Waals surface area contributed by atoms with Crippen LogP contribution < -0.4 is 4.90 Å². The molecule has 4 nitrogen and oxygen atoms in total. The van der Waals surface area contributed by atoms with Crippen molar-refractivity contribution in [1.29, 1.82) is 0 Å². The normalized spacial score (nSPS) is 16.4. The molecule has 5 heteroatoms. The van der Waals surface area contributed by atoms with Gasteiger partial charge in [-0.15, -0.1) is 0 Å². The molecule has 0 unspecified atom stereocenters. The van der Waals surface area contributed by atoms with Crippen molar-refractivity contribution in [2.24, 2.45) is 12.0 Å². The molecular weight excluding hydrogens is 438 g/mol. The average molecular weight is 466 g/mol. The summed E-state index contributed by atoms with van der Waals surface area (Å²) in [6, 6.07) is 20.5. The van der Waals surface area contributed by atoms with Crippen LogP contribution >= 0.6 is 11.8 Å². The molecule has 34 heavy (non-hydrogen) atoms. The molecule has 4 aromatic rings. The number of rotatable bonds is 3. The zero-order chi connectivity index (χ0) is 24.0. The second-order valence-corrected chi connectivity index (χ2v) is 9.90. The van der Waals surface area contributed by atoms with E-state index < -0.39 is 0 Å². The number of para-hydroxylation sites is 1. The maximum atomic E-state index is 13.7. The summed E-state index contributed by atoms with van der Waals surface area (Å²) < 4.78 is 2.09. The number of anilines is 1. The molecule has 0 N–H and O–H groups in total. The third-order valence-electron chi connectivity index (χ3n) is 6.48. The van der Waals surface area contributed by atoms with Crippen LogP contribution in [0.4, 0.5) is 11.4 Å². The second kappa shape index (κ2) is 8.65. The highest BCUT2D eigenvalue weighted by molar-refractivity contribution is 8.19. The Morgan fingerprint density at radius 2 is 1.56 bits per heavy atom. The van der Waals surface area contributed by atoms with Crippen LogP contribution in [0.25, 0.3) is 17.0 Å². The number of benzene rings is 3. The molecule has 3 aromatic carbocycles. The van der Waals surface area contributed by atoms with Gasteiger partial charge in [0.15, 0.2) is 5.17 Å². The minimum Gasteiger partial charge on any atom is -0.350 e. The van der Waals surface area contributed by atoms with E-state index >= 15 is 0 Å². The second-order valence-electron chi connectivity index (χ2n) is 8.90. The fourth-order valence-electron chi connectivity index (χ4n) is 4.18. The van der Waals surface area contributed by atoms with Gasteiger partial charge in [0.25, 0.3) is 5.91 Å². The summed E-state index contributed by atoms with van der Waals surface area (Å²) in [6.45, 7) is 8.32. The Morgan fingerprint density at radius 1 is 0.853 bits per heavy atom. The lowest BCUT2D eigenvalue weighted by molar-refractivity contribution is -0.113. The molecule has 5 rings (SSSR count). The van der Waals surface area contributed by atoms with E-state index in [2.05, 4.69) is 74.9 Å². The van der Waals surface area contributed by atoms with E-state index in [1.165, 1.54) is 28.5 Å². The third kappa shape index (κ3) is 3.97. The van der Waals surface area contributed by atoms with Crippen molar-refractivity contribution < 1.29 is 4.79 Å². The van der Waals surface area contributed by atoms with Crippen molar-refractivity contribution in [2.45, 2.75) is 27.7 Å². The van der Waals surface area contributed by atoms with Crippen LogP contribution in [-0.2, 0) is 11.8 Å². The highest BCUT2D eigenvalue weighted by atomic mass is 32.2. The largest absolute Gasteiger partial charge is 0.350 e. The molecule has 1 aromatic heterocycles. The number of carbonyl (C=O) groups is 1. The Kier molecular flexibility index (Phi) is 5.66. The molecule has 1 aliphatic heterocycles. The van der Waals surface area contributed by atoms with Crippen LogP contribution in [0, 0.1) is 27.7 Å². The van der Waals surface area contributed by atoms with E-state index in [4.69, 9.17) is 4.99 Å². The summed E-state index contributed by atoms with van der Waals surface area (Å²) in [5.74, 6) is -0.0521. The summed E-state index contributed by atoms with van der Waals surface area (Å²) in [5, 5.41) is 1.80. The van der Waals surface area contributed by atoms with Crippen molar-refractivity contribution in [3.05, 3.63) is 99.6 Å². The molecule has 2 heterocycles. The highest BCUT2D eigenvalue weighted by Gasteiger charge is 2.35. The first-order valence-electron chi connectivity index (χ1n) is 11.3. The SMILES string of the molecule is Cc1ccc(N=C2S/C(=C\c3cn(C)c4ccccc34)C(=O)N2c2ccc(C)c(C)c2)cc1C. The lowest BCUT2D eigenvalue weighted by Gasteiger charge is -2.17. The van der Waals surface area contributed by atoms with Crippen LogP contribution in [0.5, 0.6) is 0 Å². The molecule has 0 atom stereocenters. The Morgan fingerprint density at radius 3 is 2.29 bits per heavy atom. The van der Waals surface area contributed by atoms with Crippen LogP contribution in [0.1, 0.15) is 27.8 Å². The summed E-state index contributed by atoms with van der Waals surface area (Å²) in [7, 11) is 2.03. The number of aliphatic imine (C=N–C) groups is 1. The van der Waals surface area contributed by atoms with Gasteiger partial charge in [0.2, 0.25) is 0 Å². The Balaban J connectivity index is 1.63. The van der Waals surface area contributed by atoms with Gasteiger partial charge >= 0.3 is 0 Å². The van der Waals surface area contributed by atoms with E-state index in [0.29, 0.717) is 10.1 Å². The average Bonchev–Trinajstić information content (AvgIpc) is 3.29. The summed E-state index contributed by atoms with van der Waals surface area (Å²) >= 11 is 1.43. The summed E-state index contributed by atoms with van der Waals surface area (Å²) in [5.41, 5.74) is 8.60. The van der Waals surface area contributed by atoms with Gasteiger partial charge in [-0.2, -0.15) is 0 Å². The third-order valence-corrected chi connectivity index (χ3v) is 7.45. The van der Waals surface area contributed by atoms with Crippen molar-refractivity contribution in [3.63, 3.8) is 0 Å². The zero-order valence-electron chi connectivity index (χ0n) is 20.1. The van der Waals surface area contributed by atoms with Gasteiger partial charge in [0.1, 0.15) is 0 Å². The van der Waals surface area contributed by atoms with Gasteiger partial charge in [0.05, 0.1) is 16.3 Å². The first kappa shape index (κ1) is 22.2. The molecule has 1 fully saturated rings. The van der Waals surface area contributed by atoms with Gasteiger partial charge < -0.3 is 4.57 Å². The molecule has 1 amide bonds. The lowest BCUT2D eigenvalue weighted by Crippen LogP contribution is -2.28. The van der Waals surface area contributed by atoms with Gasteiger partial charge in [-0.1, -0.05) is 30.3 Å². The summed E-state index contributed by atoms with van der Waals surface area (Å²) in [6.07, 6.45) is 4.07. The molecule has 0 saturated carbocycles. The topological polar surface area (TPSA) is 37.6 Å². The number of aryl methyl sites for hydroxylation is 5. The predicted octanol–water partition coefficient (Wildman–Crippen LogP) is 7.22. The van der Waals surface area contributed by atoms with Crippen LogP contribution in [-0.4, -0.2) is 15.6 Å².